The molecule has 0 saturated heterocycles. The van der Waals surface area contributed by atoms with Crippen molar-refractivity contribution in [1.82, 2.24) is 9.78 Å². The minimum atomic E-state index is -3.85. The normalized spacial score (nSPS) is 11.7. The molecule has 6 nitrogen and oxygen atoms in total. The van der Waals surface area contributed by atoms with Gasteiger partial charge in [0.05, 0.1) is 23.4 Å². The van der Waals surface area contributed by atoms with Gasteiger partial charge >= 0.3 is 0 Å². The Kier molecular flexibility index (Phi) is 4.75. The van der Waals surface area contributed by atoms with E-state index in [2.05, 4.69) is 5.10 Å². The molecule has 0 aliphatic rings. The van der Waals surface area contributed by atoms with Gasteiger partial charge in [0, 0.05) is 5.56 Å². The lowest BCUT2D eigenvalue weighted by atomic mass is 10.1. The van der Waals surface area contributed by atoms with Gasteiger partial charge < -0.3 is 4.74 Å². The first-order valence-corrected chi connectivity index (χ1v) is 9.00. The Bertz CT molecular complexity index is 1030. The molecular formula is C17H15F2N3O3S. The van der Waals surface area contributed by atoms with E-state index < -0.39 is 22.1 Å². The third kappa shape index (κ3) is 3.44. The summed E-state index contributed by atoms with van der Waals surface area (Å²) in [5.41, 5.74) is 0.970. The molecule has 2 aromatic carbocycles. The molecule has 0 aliphatic heterocycles. The van der Waals surface area contributed by atoms with Gasteiger partial charge in [-0.25, -0.2) is 27.0 Å². The largest absolute Gasteiger partial charge is 0.496 e. The van der Waals surface area contributed by atoms with Crippen LogP contribution >= 0.6 is 0 Å². The van der Waals surface area contributed by atoms with Gasteiger partial charge in [0.1, 0.15) is 11.4 Å². The van der Waals surface area contributed by atoms with Crippen molar-refractivity contribution in [3.8, 4) is 22.7 Å². The maximum Gasteiger partial charge on any atom is 0.282 e. The first-order chi connectivity index (χ1) is 12.3. The highest BCUT2D eigenvalue weighted by atomic mass is 32.2. The Labute approximate surface area is 148 Å². The number of primary sulfonamides is 1. The average molecular weight is 379 g/mol. The molecular weight excluding hydrogens is 364 g/mol. The number of benzene rings is 2. The molecule has 0 radical (unpaired) electrons. The van der Waals surface area contributed by atoms with Crippen molar-refractivity contribution < 1.29 is 21.9 Å². The van der Waals surface area contributed by atoms with Gasteiger partial charge in [-0.2, -0.15) is 5.10 Å². The molecule has 136 valence electrons. The third-order valence-corrected chi connectivity index (χ3v) is 4.67. The quantitative estimate of drug-likeness (QED) is 0.738. The Hall–Kier alpha value is -2.78. The van der Waals surface area contributed by atoms with Gasteiger partial charge in [0.15, 0.2) is 0 Å². The maximum absolute atomic E-state index is 13.2. The molecule has 0 spiro atoms. The Balaban J connectivity index is 2.18. The lowest BCUT2D eigenvalue weighted by Gasteiger charge is -2.11. The van der Waals surface area contributed by atoms with Crippen molar-refractivity contribution >= 4 is 10.0 Å². The summed E-state index contributed by atoms with van der Waals surface area (Å²) in [7, 11) is -2.37. The Morgan fingerprint density at radius 1 is 1.12 bits per heavy atom. The highest BCUT2D eigenvalue weighted by molar-refractivity contribution is 7.89. The van der Waals surface area contributed by atoms with Crippen LogP contribution in [0.4, 0.5) is 8.78 Å². The van der Waals surface area contributed by atoms with Crippen LogP contribution < -0.4 is 9.88 Å². The second kappa shape index (κ2) is 6.85. The van der Waals surface area contributed by atoms with Gasteiger partial charge in [-0.15, -0.1) is 0 Å². The zero-order valence-electron chi connectivity index (χ0n) is 13.6. The number of hydrogen-bond donors (Lipinski definition) is 1. The summed E-state index contributed by atoms with van der Waals surface area (Å²) in [4.78, 5) is -0.0821. The highest BCUT2D eigenvalue weighted by Crippen LogP contribution is 2.33. The zero-order chi connectivity index (χ0) is 18.9. The van der Waals surface area contributed by atoms with Crippen molar-refractivity contribution in [2.24, 2.45) is 5.14 Å². The fraction of sp³-hybridized carbons (Fsp3) is 0.118. The Morgan fingerprint density at radius 3 is 2.35 bits per heavy atom. The molecule has 0 aliphatic carbocycles. The number of aromatic nitrogens is 2. The molecule has 26 heavy (non-hydrogen) atoms. The molecule has 1 aromatic heterocycles. The van der Waals surface area contributed by atoms with E-state index >= 15 is 0 Å². The van der Waals surface area contributed by atoms with Crippen LogP contribution in [0.5, 0.6) is 5.75 Å². The average Bonchev–Trinajstić information content (AvgIpc) is 3.06. The van der Waals surface area contributed by atoms with Gasteiger partial charge in [0.2, 0.25) is 10.0 Å². The number of nitrogens with zero attached hydrogens (tertiary/aromatic N) is 2. The number of halogens is 2. The minimum Gasteiger partial charge on any atom is -0.496 e. The molecule has 0 saturated carbocycles. The molecule has 1 heterocycles. The molecule has 0 atom stereocenters. The lowest BCUT2D eigenvalue weighted by Crippen LogP contribution is -2.12. The third-order valence-electron chi connectivity index (χ3n) is 3.74. The van der Waals surface area contributed by atoms with Crippen LogP contribution in [0.1, 0.15) is 12.1 Å². The van der Waals surface area contributed by atoms with Crippen LogP contribution in [0.3, 0.4) is 0 Å². The van der Waals surface area contributed by atoms with E-state index in [-0.39, 0.29) is 4.90 Å². The van der Waals surface area contributed by atoms with E-state index in [0.29, 0.717) is 22.7 Å². The standard InChI is InChI=1S/C17H15F2N3O3S/c1-25-16-5-3-2-4-13(16)15-10-14(17(18)19)21-22(15)11-6-8-12(9-7-11)26(20,23)24/h2-10,17H,1H3,(H2,20,23,24). The topological polar surface area (TPSA) is 87.2 Å². The van der Waals surface area contributed by atoms with E-state index in [1.54, 1.807) is 24.3 Å². The molecule has 0 fully saturated rings. The van der Waals surface area contributed by atoms with E-state index in [1.807, 2.05) is 0 Å². The van der Waals surface area contributed by atoms with Crippen molar-refractivity contribution in [2.75, 3.05) is 7.11 Å². The number of rotatable bonds is 5. The predicted octanol–water partition coefficient (Wildman–Crippen LogP) is 3.13. The first-order valence-electron chi connectivity index (χ1n) is 7.46. The van der Waals surface area contributed by atoms with E-state index in [1.165, 1.54) is 42.1 Å². The summed E-state index contributed by atoms with van der Waals surface area (Å²) in [6.45, 7) is 0. The van der Waals surface area contributed by atoms with Gasteiger partial charge in [-0.3, -0.25) is 0 Å². The predicted molar refractivity (Wildman–Crippen MR) is 91.9 cm³/mol. The maximum atomic E-state index is 13.2. The summed E-state index contributed by atoms with van der Waals surface area (Å²) in [6.07, 6.45) is -2.76. The minimum absolute atomic E-state index is 0.0821. The summed E-state index contributed by atoms with van der Waals surface area (Å²) >= 11 is 0. The summed E-state index contributed by atoms with van der Waals surface area (Å²) in [6, 6.07) is 13.7. The van der Waals surface area contributed by atoms with Crippen molar-refractivity contribution in [3.05, 3.63) is 60.3 Å². The van der Waals surface area contributed by atoms with Crippen LogP contribution in [0.15, 0.2) is 59.5 Å². The molecule has 3 rings (SSSR count). The summed E-state index contributed by atoms with van der Waals surface area (Å²) in [5.74, 6) is 0.496. The number of hydrogen-bond acceptors (Lipinski definition) is 4. The smallest absolute Gasteiger partial charge is 0.282 e. The number of para-hydroxylation sites is 1. The van der Waals surface area contributed by atoms with Crippen LogP contribution in [0.25, 0.3) is 16.9 Å². The number of methoxy groups -OCH3 is 1. The fourth-order valence-electron chi connectivity index (χ4n) is 2.53. The van der Waals surface area contributed by atoms with E-state index in [9.17, 15) is 17.2 Å². The molecule has 0 unspecified atom stereocenters. The highest BCUT2D eigenvalue weighted by Gasteiger charge is 2.20. The van der Waals surface area contributed by atoms with Gasteiger partial charge in [-0.1, -0.05) is 12.1 Å². The number of nitrogens with two attached hydrogens (primary N) is 1. The van der Waals surface area contributed by atoms with Crippen LogP contribution in [0, 0.1) is 0 Å². The van der Waals surface area contributed by atoms with E-state index in [0.717, 1.165) is 0 Å². The van der Waals surface area contributed by atoms with Gasteiger partial charge in [0.25, 0.3) is 6.43 Å². The zero-order valence-corrected chi connectivity index (χ0v) is 14.5. The first kappa shape index (κ1) is 18.0. The number of sulfonamides is 1. The molecule has 3 aromatic rings. The molecule has 9 heteroatoms. The van der Waals surface area contributed by atoms with Crippen molar-refractivity contribution in [1.29, 1.82) is 0 Å². The monoisotopic (exact) mass is 379 g/mol. The van der Waals surface area contributed by atoms with E-state index in [4.69, 9.17) is 9.88 Å². The second-order valence-electron chi connectivity index (χ2n) is 5.41. The number of ether oxygens (including phenoxy) is 1. The summed E-state index contributed by atoms with van der Waals surface area (Å²) < 4.78 is 55.8. The molecule has 0 bridgehead atoms. The Morgan fingerprint density at radius 2 is 1.77 bits per heavy atom. The molecule has 2 N–H and O–H groups in total. The number of alkyl halides is 2. The SMILES string of the molecule is COc1ccccc1-c1cc(C(F)F)nn1-c1ccc(S(N)(=O)=O)cc1. The van der Waals surface area contributed by atoms with Crippen LogP contribution in [-0.4, -0.2) is 25.3 Å². The van der Waals surface area contributed by atoms with Crippen molar-refractivity contribution in [2.45, 2.75) is 11.3 Å². The molecule has 0 amide bonds. The van der Waals surface area contributed by atoms with Crippen LogP contribution in [0.2, 0.25) is 0 Å². The lowest BCUT2D eigenvalue weighted by molar-refractivity contribution is 0.145. The van der Waals surface area contributed by atoms with Crippen LogP contribution in [-0.2, 0) is 10.0 Å². The second-order valence-corrected chi connectivity index (χ2v) is 6.97. The summed E-state index contributed by atoms with van der Waals surface area (Å²) in [5, 5.41) is 9.04. The fourth-order valence-corrected chi connectivity index (χ4v) is 3.04. The van der Waals surface area contributed by atoms with Gasteiger partial charge in [-0.05, 0) is 42.5 Å². The van der Waals surface area contributed by atoms with Crippen molar-refractivity contribution in [3.63, 3.8) is 0 Å².